The third kappa shape index (κ3) is 3.15. The van der Waals surface area contributed by atoms with Gasteiger partial charge in [-0.2, -0.15) is 0 Å². The van der Waals surface area contributed by atoms with Crippen molar-refractivity contribution >= 4 is 0 Å². The summed E-state index contributed by atoms with van der Waals surface area (Å²) in [6, 6.07) is 25.5. The molecule has 1 aromatic heterocycles. The Kier molecular flexibility index (Phi) is 4.35. The van der Waals surface area contributed by atoms with Crippen LogP contribution < -0.4 is 4.74 Å². The van der Waals surface area contributed by atoms with E-state index in [1.165, 1.54) is 0 Å². The standard InChI is InChI=1S/C21H16N4O/c1-26-17-13-11-15(12-14-17)18-9-5-6-10-19(18)21-24-22-20(23-25-21)16-7-3-2-4-8-16/h2-14H,1H3. The molecule has 0 radical (unpaired) electrons. The summed E-state index contributed by atoms with van der Waals surface area (Å²) in [7, 11) is 1.66. The van der Waals surface area contributed by atoms with Crippen LogP contribution in [0.5, 0.6) is 5.75 Å². The van der Waals surface area contributed by atoms with Gasteiger partial charge in [0, 0.05) is 11.1 Å². The number of hydrogen-bond donors (Lipinski definition) is 0. The molecular formula is C21H16N4O. The Morgan fingerprint density at radius 3 is 1.77 bits per heavy atom. The van der Waals surface area contributed by atoms with E-state index in [1.807, 2.05) is 78.9 Å². The van der Waals surface area contributed by atoms with E-state index in [0.29, 0.717) is 11.6 Å². The minimum absolute atomic E-state index is 0.496. The molecule has 26 heavy (non-hydrogen) atoms. The van der Waals surface area contributed by atoms with Crippen molar-refractivity contribution in [3.05, 3.63) is 78.9 Å². The third-order valence-corrected chi connectivity index (χ3v) is 4.08. The summed E-state index contributed by atoms with van der Waals surface area (Å²) in [5.74, 6) is 1.82. The lowest BCUT2D eigenvalue weighted by molar-refractivity contribution is 0.415. The van der Waals surface area contributed by atoms with Crippen molar-refractivity contribution < 1.29 is 4.74 Å². The van der Waals surface area contributed by atoms with Gasteiger partial charge in [0.25, 0.3) is 0 Å². The van der Waals surface area contributed by atoms with Gasteiger partial charge in [0.2, 0.25) is 11.6 Å². The van der Waals surface area contributed by atoms with E-state index >= 15 is 0 Å². The first-order valence-corrected chi connectivity index (χ1v) is 8.22. The molecule has 0 spiro atoms. The Morgan fingerprint density at radius 1 is 0.538 bits per heavy atom. The van der Waals surface area contributed by atoms with E-state index in [0.717, 1.165) is 28.0 Å². The largest absolute Gasteiger partial charge is 0.497 e. The lowest BCUT2D eigenvalue weighted by Gasteiger charge is -2.09. The first-order valence-electron chi connectivity index (χ1n) is 8.22. The fourth-order valence-electron chi connectivity index (χ4n) is 2.74. The number of aromatic nitrogens is 4. The number of nitrogens with zero attached hydrogens (tertiary/aromatic N) is 4. The molecule has 5 heteroatoms. The zero-order valence-electron chi connectivity index (χ0n) is 14.2. The van der Waals surface area contributed by atoms with E-state index in [-0.39, 0.29) is 0 Å². The molecule has 0 aliphatic rings. The molecule has 0 unspecified atom stereocenters. The van der Waals surface area contributed by atoms with E-state index in [1.54, 1.807) is 7.11 Å². The van der Waals surface area contributed by atoms with Crippen LogP contribution in [0.25, 0.3) is 33.9 Å². The molecule has 3 aromatic carbocycles. The lowest BCUT2D eigenvalue weighted by Crippen LogP contribution is -2.00. The molecule has 0 bridgehead atoms. The Balaban J connectivity index is 1.72. The third-order valence-electron chi connectivity index (χ3n) is 4.08. The van der Waals surface area contributed by atoms with Crippen molar-refractivity contribution in [2.24, 2.45) is 0 Å². The average molecular weight is 340 g/mol. The summed E-state index contributed by atoms with van der Waals surface area (Å²) >= 11 is 0. The van der Waals surface area contributed by atoms with E-state index < -0.39 is 0 Å². The second-order valence-electron chi connectivity index (χ2n) is 5.69. The van der Waals surface area contributed by atoms with Gasteiger partial charge in [0.1, 0.15) is 5.75 Å². The summed E-state index contributed by atoms with van der Waals surface area (Å²) in [6.45, 7) is 0. The van der Waals surface area contributed by atoms with E-state index in [9.17, 15) is 0 Å². The maximum absolute atomic E-state index is 5.23. The van der Waals surface area contributed by atoms with Gasteiger partial charge in [-0.3, -0.25) is 0 Å². The second-order valence-corrected chi connectivity index (χ2v) is 5.69. The maximum atomic E-state index is 5.23. The SMILES string of the molecule is COc1ccc(-c2ccccc2-c2nnc(-c3ccccc3)nn2)cc1. The lowest BCUT2D eigenvalue weighted by atomic mass is 9.99. The number of ether oxygens (including phenoxy) is 1. The van der Waals surface area contributed by atoms with Gasteiger partial charge in [-0.1, -0.05) is 66.7 Å². The highest BCUT2D eigenvalue weighted by atomic mass is 16.5. The summed E-state index contributed by atoms with van der Waals surface area (Å²) in [5, 5.41) is 17.1. The first-order chi connectivity index (χ1) is 12.8. The van der Waals surface area contributed by atoms with Crippen LogP contribution in [0.1, 0.15) is 0 Å². The van der Waals surface area contributed by atoms with Crippen molar-refractivity contribution in [3.63, 3.8) is 0 Å². The van der Waals surface area contributed by atoms with Crippen molar-refractivity contribution in [1.82, 2.24) is 20.4 Å². The van der Waals surface area contributed by atoms with Crippen molar-refractivity contribution in [3.8, 4) is 39.7 Å². The highest BCUT2D eigenvalue weighted by Crippen LogP contribution is 2.30. The summed E-state index contributed by atoms with van der Waals surface area (Å²) in [5.41, 5.74) is 3.85. The van der Waals surface area contributed by atoms with Gasteiger partial charge in [-0.05, 0) is 23.3 Å². The monoisotopic (exact) mass is 340 g/mol. The molecule has 0 amide bonds. The zero-order chi connectivity index (χ0) is 17.8. The minimum Gasteiger partial charge on any atom is -0.497 e. The molecule has 4 rings (SSSR count). The fraction of sp³-hybridized carbons (Fsp3) is 0.0476. The number of hydrogen-bond acceptors (Lipinski definition) is 5. The predicted octanol–water partition coefficient (Wildman–Crippen LogP) is 4.28. The molecule has 0 fully saturated rings. The van der Waals surface area contributed by atoms with Crippen molar-refractivity contribution in [2.75, 3.05) is 7.11 Å². The fourth-order valence-corrected chi connectivity index (χ4v) is 2.74. The van der Waals surface area contributed by atoms with Gasteiger partial charge in [-0.25, -0.2) is 0 Å². The molecule has 0 N–H and O–H groups in total. The van der Waals surface area contributed by atoms with Gasteiger partial charge in [0.15, 0.2) is 0 Å². The molecule has 4 aromatic rings. The molecule has 0 saturated carbocycles. The van der Waals surface area contributed by atoms with Crippen molar-refractivity contribution in [1.29, 1.82) is 0 Å². The van der Waals surface area contributed by atoms with Crippen LogP contribution in [-0.4, -0.2) is 27.5 Å². The quantitative estimate of drug-likeness (QED) is 0.555. The molecule has 0 aliphatic heterocycles. The molecule has 126 valence electrons. The highest BCUT2D eigenvalue weighted by molar-refractivity contribution is 5.80. The topological polar surface area (TPSA) is 60.8 Å². The Bertz CT molecular complexity index is 1000. The van der Waals surface area contributed by atoms with Crippen LogP contribution in [0.2, 0.25) is 0 Å². The van der Waals surface area contributed by atoms with Crippen LogP contribution in [0.4, 0.5) is 0 Å². The Hall–Kier alpha value is -3.60. The van der Waals surface area contributed by atoms with E-state index in [4.69, 9.17) is 4.74 Å². The van der Waals surface area contributed by atoms with Gasteiger partial charge in [-0.15, -0.1) is 20.4 Å². The second kappa shape index (κ2) is 7.11. The summed E-state index contributed by atoms with van der Waals surface area (Å²) in [6.07, 6.45) is 0. The smallest absolute Gasteiger partial charge is 0.204 e. The van der Waals surface area contributed by atoms with Crippen LogP contribution in [0, 0.1) is 0 Å². The molecule has 0 saturated heterocycles. The van der Waals surface area contributed by atoms with Crippen LogP contribution >= 0.6 is 0 Å². The predicted molar refractivity (Wildman–Crippen MR) is 100 cm³/mol. The first kappa shape index (κ1) is 15.9. The van der Waals surface area contributed by atoms with Gasteiger partial charge < -0.3 is 4.74 Å². The number of rotatable bonds is 4. The number of benzene rings is 3. The Labute approximate surface area is 151 Å². The molecular weight excluding hydrogens is 324 g/mol. The van der Waals surface area contributed by atoms with Gasteiger partial charge >= 0.3 is 0 Å². The van der Waals surface area contributed by atoms with Crippen LogP contribution in [0.3, 0.4) is 0 Å². The minimum atomic E-state index is 0.496. The average Bonchev–Trinajstić information content (AvgIpc) is 2.75. The normalized spacial score (nSPS) is 10.5. The molecule has 0 atom stereocenters. The molecule has 0 aliphatic carbocycles. The van der Waals surface area contributed by atoms with Gasteiger partial charge in [0.05, 0.1) is 7.11 Å². The molecule has 5 nitrogen and oxygen atoms in total. The van der Waals surface area contributed by atoms with Crippen molar-refractivity contribution in [2.45, 2.75) is 0 Å². The Morgan fingerprint density at radius 2 is 1.12 bits per heavy atom. The summed E-state index contributed by atoms with van der Waals surface area (Å²) in [4.78, 5) is 0. The van der Waals surface area contributed by atoms with E-state index in [2.05, 4.69) is 20.4 Å². The summed E-state index contributed by atoms with van der Waals surface area (Å²) < 4.78 is 5.23. The maximum Gasteiger partial charge on any atom is 0.204 e. The zero-order valence-corrected chi connectivity index (χ0v) is 14.2. The van der Waals surface area contributed by atoms with Crippen LogP contribution in [-0.2, 0) is 0 Å². The molecule has 1 heterocycles. The van der Waals surface area contributed by atoms with Crippen LogP contribution in [0.15, 0.2) is 78.9 Å². The highest BCUT2D eigenvalue weighted by Gasteiger charge is 2.11. The number of methoxy groups -OCH3 is 1.